The molecule has 1 rings (SSSR count). The Hall–Kier alpha value is -1.85. The van der Waals surface area contributed by atoms with Crippen LogP contribution in [0.5, 0.6) is 0 Å². The third-order valence-corrected chi connectivity index (χ3v) is 11.9. The predicted molar refractivity (Wildman–Crippen MR) is 253 cm³/mol. The number of aliphatic hydroxyl groups is 5. The van der Waals surface area contributed by atoms with Crippen LogP contribution in [0.4, 0.5) is 0 Å². The van der Waals surface area contributed by atoms with Crippen LogP contribution in [0.25, 0.3) is 0 Å². The molecule has 1 aliphatic rings. The highest BCUT2D eigenvalue weighted by Crippen LogP contribution is 2.22. The summed E-state index contributed by atoms with van der Waals surface area (Å²) in [4.78, 5) is 13.0. The summed E-state index contributed by atoms with van der Waals surface area (Å²) in [6, 6.07) is -0.829. The molecule has 9 nitrogen and oxygen atoms in total. The van der Waals surface area contributed by atoms with E-state index in [1.807, 2.05) is 6.08 Å². The van der Waals surface area contributed by atoms with Gasteiger partial charge in [-0.15, -0.1) is 0 Å². The minimum Gasteiger partial charge on any atom is -0.394 e. The maximum Gasteiger partial charge on any atom is 0.220 e. The number of ether oxygens (including phenoxy) is 2. The molecule has 1 amide bonds. The molecule has 1 heterocycles. The van der Waals surface area contributed by atoms with Crippen LogP contribution in [0.2, 0.25) is 0 Å². The van der Waals surface area contributed by atoms with Crippen molar-refractivity contribution in [3.63, 3.8) is 0 Å². The zero-order valence-electron chi connectivity index (χ0n) is 39.2. The molecule has 1 saturated heterocycles. The number of hydrogen-bond acceptors (Lipinski definition) is 8. The minimum atomic E-state index is -1.57. The van der Waals surface area contributed by atoms with Gasteiger partial charge in [0.15, 0.2) is 6.29 Å². The topological polar surface area (TPSA) is 149 Å². The maximum absolute atomic E-state index is 13.0. The summed E-state index contributed by atoms with van der Waals surface area (Å²) in [7, 11) is 0. The van der Waals surface area contributed by atoms with Gasteiger partial charge >= 0.3 is 0 Å². The Morgan fingerprint density at radius 2 is 0.934 bits per heavy atom. The van der Waals surface area contributed by atoms with E-state index in [2.05, 4.69) is 55.6 Å². The van der Waals surface area contributed by atoms with E-state index in [0.29, 0.717) is 6.42 Å². The summed E-state index contributed by atoms with van der Waals surface area (Å²) in [5.74, 6) is -0.193. The largest absolute Gasteiger partial charge is 0.394 e. The number of rotatable bonds is 42. The van der Waals surface area contributed by atoms with Gasteiger partial charge in [0.1, 0.15) is 24.4 Å². The van der Waals surface area contributed by atoms with Crippen LogP contribution in [0.1, 0.15) is 219 Å². The molecular weight excluding hydrogens is 767 g/mol. The van der Waals surface area contributed by atoms with Gasteiger partial charge in [-0.2, -0.15) is 0 Å². The first kappa shape index (κ1) is 57.2. The van der Waals surface area contributed by atoms with Crippen molar-refractivity contribution in [2.45, 2.75) is 262 Å². The van der Waals surface area contributed by atoms with Crippen LogP contribution in [-0.4, -0.2) is 87.5 Å². The average molecular weight is 862 g/mol. The fourth-order valence-electron chi connectivity index (χ4n) is 7.77. The number of carbonyl (C=O) groups is 1. The Labute approximate surface area is 373 Å². The fraction of sp³-hybridized carbons (Fsp3) is 0.827. The zero-order chi connectivity index (χ0) is 44.4. The van der Waals surface area contributed by atoms with Crippen molar-refractivity contribution >= 4 is 5.91 Å². The van der Waals surface area contributed by atoms with Crippen molar-refractivity contribution in [3.8, 4) is 0 Å². The monoisotopic (exact) mass is 862 g/mol. The van der Waals surface area contributed by atoms with E-state index in [-0.39, 0.29) is 12.5 Å². The van der Waals surface area contributed by atoms with Crippen molar-refractivity contribution in [3.05, 3.63) is 48.6 Å². The van der Waals surface area contributed by atoms with Crippen LogP contribution in [0.15, 0.2) is 48.6 Å². The smallest absolute Gasteiger partial charge is 0.220 e. The number of allylic oxidation sites excluding steroid dienone is 7. The number of unbranched alkanes of at least 4 members (excludes halogenated alkanes) is 26. The molecule has 0 aromatic rings. The number of hydrogen-bond donors (Lipinski definition) is 6. The highest BCUT2D eigenvalue weighted by molar-refractivity contribution is 5.76. The van der Waals surface area contributed by atoms with Gasteiger partial charge in [0.25, 0.3) is 0 Å². The van der Waals surface area contributed by atoms with Gasteiger partial charge < -0.3 is 40.3 Å². The van der Waals surface area contributed by atoms with Crippen molar-refractivity contribution in [2.24, 2.45) is 0 Å². The molecule has 0 aromatic carbocycles. The zero-order valence-corrected chi connectivity index (χ0v) is 39.2. The Kier molecular flexibility index (Phi) is 39.5. The predicted octanol–water partition coefficient (Wildman–Crippen LogP) is 11.4. The van der Waals surface area contributed by atoms with Gasteiger partial charge in [-0.3, -0.25) is 4.79 Å². The number of carbonyl (C=O) groups excluding carboxylic acids is 1. The van der Waals surface area contributed by atoms with E-state index in [1.165, 1.54) is 154 Å². The van der Waals surface area contributed by atoms with Crippen molar-refractivity contribution in [1.82, 2.24) is 5.32 Å². The summed E-state index contributed by atoms with van der Waals surface area (Å²) >= 11 is 0. The maximum atomic E-state index is 13.0. The first-order chi connectivity index (χ1) is 29.8. The van der Waals surface area contributed by atoms with Gasteiger partial charge in [-0.05, 0) is 70.6 Å². The lowest BCUT2D eigenvalue weighted by atomic mass is 9.99. The molecule has 7 unspecified atom stereocenters. The Balaban J connectivity index is 2.35. The lowest BCUT2D eigenvalue weighted by Crippen LogP contribution is -2.60. The molecule has 356 valence electrons. The molecular formula is C52H95NO8. The number of amides is 1. The van der Waals surface area contributed by atoms with E-state index in [1.54, 1.807) is 6.08 Å². The number of aliphatic hydroxyl groups excluding tert-OH is 5. The lowest BCUT2D eigenvalue weighted by Gasteiger charge is -2.40. The van der Waals surface area contributed by atoms with Crippen LogP contribution in [-0.2, 0) is 14.3 Å². The second kappa shape index (κ2) is 42.1. The van der Waals surface area contributed by atoms with Crippen LogP contribution in [0.3, 0.4) is 0 Å². The summed E-state index contributed by atoms with van der Waals surface area (Å²) < 4.78 is 11.2. The van der Waals surface area contributed by atoms with Crippen molar-refractivity contribution in [2.75, 3.05) is 13.2 Å². The molecule has 0 radical (unpaired) electrons. The molecule has 0 aromatic heterocycles. The summed E-state index contributed by atoms with van der Waals surface area (Å²) in [6.07, 6.45) is 47.3. The van der Waals surface area contributed by atoms with Gasteiger partial charge in [0, 0.05) is 6.42 Å². The third-order valence-electron chi connectivity index (χ3n) is 11.9. The molecule has 0 bridgehead atoms. The molecule has 0 spiro atoms. The molecule has 9 heteroatoms. The Bertz CT molecular complexity index is 1090. The summed E-state index contributed by atoms with van der Waals surface area (Å²) in [5.41, 5.74) is 0. The highest BCUT2D eigenvalue weighted by Gasteiger charge is 2.44. The fourth-order valence-corrected chi connectivity index (χ4v) is 7.77. The molecule has 1 fully saturated rings. The van der Waals surface area contributed by atoms with Gasteiger partial charge in [0.2, 0.25) is 5.91 Å². The van der Waals surface area contributed by atoms with Crippen LogP contribution >= 0.6 is 0 Å². The molecule has 1 aliphatic heterocycles. The second-order valence-electron chi connectivity index (χ2n) is 17.6. The van der Waals surface area contributed by atoms with Crippen LogP contribution in [0, 0.1) is 0 Å². The SMILES string of the molecule is CCCCCCCC/C=C\CCCCCCCCCCCC(=O)NC(COC1OC(CO)C(O)C(O)C1O)C(O)/C=C/CC/C=C/CC/C=C/CCCCCCCCCCC. The Morgan fingerprint density at radius 1 is 0.541 bits per heavy atom. The van der Waals surface area contributed by atoms with Gasteiger partial charge in [0.05, 0.1) is 25.4 Å². The second-order valence-corrected chi connectivity index (χ2v) is 17.6. The molecule has 7 atom stereocenters. The molecule has 0 saturated carbocycles. The molecule has 6 N–H and O–H groups in total. The summed E-state index contributed by atoms with van der Waals surface area (Å²) in [6.45, 7) is 3.75. The minimum absolute atomic E-state index is 0.193. The first-order valence-electron chi connectivity index (χ1n) is 25.4. The molecule has 61 heavy (non-hydrogen) atoms. The highest BCUT2D eigenvalue weighted by atomic mass is 16.7. The average Bonchev–Trinajstić information content (AvgIpc) is 3.26. The molecule has 0 aliphatic carbocycles. The van der Waals surface area contributed by atoms with E-state index in [0.717, 1.165) is 44.9 Å². The van der Waals surface area contributed by atoms with E-state index < -0.39 is 49.5 Å². The quantitative estimate of drug-likeness (QED) is 0.0262. The van der Waals surface area contributed by atoms with Gasteiger partial charge in [-0.25, -0.2) is 0 Å². The standard InChI is InChI=1S/C52H95NO8/c1-3-5-7-9-11-13-15-17-19-21-23-25-27-29-31-33-35-37-39-41-46(55)45(44-60-52-51(59)50(58)49(57)47(43-54)61-52)53-48(56)42-40-38-36-34-32-30-28-26-24-22-20-18-16-14-12-10-8-6-4-2/h18,20,23,25,31,33,39,41,45-47,49-52,54-55,57-59H,3-17,19,21-22,24,26-30,32,34-38,40,42-44H2,1-2H3,(H,53,56)/b20-18-,25-23+,33-31+,41-39+. The van der Waals surface area contributed by atoms with Crippen molar-refractivity contribution in [1.29, 1.82) is 0 Å². The third kappa shape index (κ3) is 32.5. The normalized spacial score (nSPS) is 20.8. The van der Waals surface area contributed by atoms with Gasteiger partial charge in [-0.1, -0.05) is 191 Å². The van der Waals surface area contributed by atoms with E-state index in [9.17, 15) is 30.3 Å². The first-order valence-corrected chi connectivity index (χ1v) is 25.4. The van der Waals surface area contributed by atoms with E-state index in [4.69, 9.17) is 9.47 Å². The number of nitrogens with one attached hydrogen (secondary N) is 1. The lowest BCUT2D eigenvalue weighted by molar-refractivity contribution is -0.302. The van der Waals surface area contributed by atoms with Crippen LogP contribution < -0.4 is 5.32 Å². The van der Waals surface area contributed by atoms with Crippen molar-refractivity contribution < 1.29 is 39.8 Å². The van der Waals surface area contributed by atoms with E-state index >= 15 is 0 Å². The Morgan fingerprint density at radius 3 is 1.38 bits per heavy atom. The summed E-state index contributed by atoms with van der Waals surface area (Å²) in [5, 5.41) is 54.3.